The first kappa shape index (κ1) is 7.84. The van der Waals surface area contributed by atoms with E-state index in [0.717, 1.165) is 5.92 Å². The Hall–Kier alpha value is -0.260. The normalized spacial score (nSPS) is 27.5. The van der Waals surface area contributed by atoms with Crippen molar-refractivity contribution in [2.24, 2.45) is 11.3 Å². The lowest BCUT2D eigenvalue weighted by Crippen LogP contribution is -2.16. The molecule has 0 aromatic carbocycles. The topological polar surface area (TPSA) is 0 Å². The van der Waals surface area contributed by atoms with Gasteiger partial charge in [-0.05, 0) is 30.6 Å². The maximum Gasteiger partial charge on any atom is -0.0289 e. The second-order valence-corrected chi connectivity index (χ2v) is 4.56. The Kier molecular flexibility index (Phi) is 1.89. The van der Waals surface area contributed by atoms with Crippen LogP contribution in [-0.4, -0.2) is 0 Å². The number of rotatable bonds is 0. The molecule has 1 atom stereocenters. The highest BCUT2D eigenvalue weighted by Crippen LogP contribution is 2.40. The van der Waals surface area contributed by atoms with Crippen molar-refractivity contribution in [3.05, 3.63) is 12.2 Å². The van der Waals surface area contributed by atoms with Crippen LogP contribution < -0.4 is 0 Å². The quantitative estimate of drug-likeness (QED) is 0.450. The average molecular weight is 138 g/mol. The van der Waals surface area contributed by atoms with Gasteiger partial charge in [0.15, 0.2) is 0 Å². The van der Waals surface area contributed by atoms with Crippen molar-refractivity contribution < 1.29 is 0 Å². The minimum atomic E-state index is 0.499. The zero-order valence-corrected chi connectivity index (χ0v) is 7.41. The highest BCUT2D eigenvalue weighted by atomic mass is 14.3. The van der Waals surface area contributed by atoms with Gasteiger partial charge in [0.2, 0.25) is 0 Å². The van der Waals surface area contributed by atoms with E-state index in [0.29, 0.717) is 5.41 Å². The maximum atomic E-state index is 4.02. The summed E-state index contributed by atoms with van der Waals surface area (Å²) in [5, 5.41) is 0. The van der Waals surface area contributed by atoms with E-state index >= 15 is 0 Å². The van der Waals surface area contributed by atoms with Crippen molar-refractivity contribution in [3.63, 3.8) is 0 Å². The Balaban J connectivity index is 2.53. The highest BCUT2D eigenvalue weighted by Gasteiger charge is 2.28. The largest absolute Gasteiger partial charge is 0.0999 e. The zero-order valence-electron chi connectivity index (χ0n) is 7.41. The van der Waals surface area contributed by atoms with Crippen molar-refractivity contribution in [3.8, 4) is 0 Å². The summed E-state index contributed by atoms with van der Waals surface area (Å²) in [6.45, 7) is 11.0. The van der Waals surface area contributed by atoms with E-state index in [1.54, 1.807) is 0 Å². The Morgan fingerprint density at radius 2 is 2.00 bits per heavy atom. The van der Waals surface area contributed by atoms with Crippen LogP contribution in [0.4, 0.5) is 0 Å². The monoisotopic (exact) mass is 138 g/mol. The highest BCUT2D eigenvalue weighted by molar-refractivity contribution is 5.04. The van der Waals surface area contributed by atoms with Crippen LogP contribution in [0.5, 0.6) is 0 Å². The molecule has 1 aliphatic carbocycles. The van der Waals surface area contributed by atoms with E-state index in [4.69, 9.17) is 0 Å². The van der Waals surface area contributed by atoms with Gasteiger partial charge >= 0.3 is 0 Å². The van der Waals surface area contributed by atoms with E-state index in [1.807, 2.05) is 0 Å². The molecule has 58 valence electrons. The molecule has 0 heterocycles. The fourth-order valence-electron chi connectivity index (χ4n) is 1.67. The second kappa shape index (κ2) is 2.41. The lowest BCUT2D eigenvalue weighted by atomic mass is 9.80. The minimum Gasteiger partial charge on any atom is -0.0999 e. The molecule has 1 rings (SSSR count). The Bertz CT molecular complexity index is 137. The van der Waals surface area contributed by atoms with E-state index < -0.39 is 0 Å². The van der Waals surface area contributed by atoms with Crippen LogP contribution in [0, 0.1) is 11.3 Å². The van der Waals surface area contributed by atoms with Gasteiger partial charge in [-0.2, -0.15) is 0 Å². The third-order valence-electron chi connectivity index (χ3n) is 2.61. The van der Waals surface area contributed by atoms with Crippen molar-refractivity contribution in [1.82, 2.24) is 0 Å². The molecule has 0 aromatic heterocycles. The molecule has 10 heavy (non-hydrogen) atoms. The zero-order chi connectivity index (χ0) is 7.78. The van der Waals surface area contributed by atoms with Crippen molar-refractivity contribution in [1.29, 1.82) is 0 Å². The van der Waals surface area contributed by atoms with Crippen LogP contribution in [-0.2, 0) is 0 Å². The van der Waals surface area contributed by atoms with Crippen LogP contribution in [0.15, 0.2) is 12.2 Å². The summed E-state index contributed by atoms with van der Waals surface area (Å²) in [4.78, 5) is 0. The summed E-state index contributed by atoms with van der Waals surface area (Å²) in [7, 11) is 0. The van der Waals surface area contributed by atoms with E-state index in [-0.39, 0.29) is 0 Å². The molecule has 0 heteroatoms. The lowest BCUT2D eigenvalue weighted by molar-refractivity contribution is 0.250. The minimum absolute atomic E-state index is 0.499. The average Bonchev–Trinajstić information content (AvgIpc) is 2.11. The number of hydrogen-bond acceptors (Lipinski definition) is 0. The van der Waals surface area contributed by atoms with Gasteiger partial charge in [-0.15, -0.1) is 0 Å². The molecular weight excluding hydrogens is 120 g/mol. The summed E-state index contributed by atoms with van der Waals surface area (Å²) in [5.74, 6) is 0.889. The molecule has 0 saturated heterocycles. The van der Waals surface area contributed by atoms with E-state index in [1.165, 1.54) is 24.8 Å². The first-order valence-corrected chi connectivity index (χ1v) is 4.17. The van der Waals surface area contributed by atoms with E-state index in [2.05, 4.69) is 27.4 Å². The molecule has 0 bridgehead atoms. The molecule has 0 spiro atoms. The third-order valence-corrected chi connectivity index (χ3v) is 2.61. The molecule has 0 nitrogen and oxygen atoms in total. The predicted molar refractivity (Wildman–Crippen MR) is 45.9 cm³/mol. The van der Waals surface area contributed by atoms with E-state index in [9.17, 15) is 0 Å². The standard InChI is InChI=1S/C10H18/c1-8-5-6-9(7-8)10(2,3)4/h9H,1,5-7H2,2-4H3. The molecule has 1 saturated carbocycles. The van der Waals surface area contributed by atoms with Gasteiger partial charge in [0.25, 0.3) is 0 Å². The summed E-state index contributed by atoms with van der Waals surface area (Å²) in [6, 6.07) is 0. The first-order chi connectivity index (χ1) is 4.50. The number of allylic oxidation sites excluding steroid dienone is 1. The van der Waals surface area contributed by atoms with Gasteiger partial charge in [0.05, 0.1) is 0 Å². The van der Waals surface area contributed by atoms with Gasteiger partial charge < -0.3 is 0 Å². The Morgan fingerprint density at radius 3 is 2.20 bits per heavy atom. The Labute approximate surface area is 64.3 Å². The molecule has 0 N–H and O–H groups in total. The maximum absolute atomic E-state index is 4.02. The smallest absolute Gasteiger partial charge is 0.0289 e. The first-order valence-electron chi connectivity index (χ1n) is 4.17. The molecule has 0 amide bonds. The lowest BCUT2D eigenvalue weighted by Gasteiger charge is -2.26. The summed E-state index contributed by atoms with van der Waals surface area (Å²) < 4.78 is 0. The molecule has 0 aliphatic heterocycles. The van der Waals surface area contributed by atoms with Crippen LogP contribution in [0.2, 0.25) is 0 Å². The van der Waals surface area contributed by atoms with Gasteiger partial charge in [-0.1, -0.05) is 32.9 Å². The van der Waals surface area contributed by atoms with Crippen LogP contribution in [0.3, 0.4) is 0 Å². The molecule has 1 fully saturated rings. The second-order valence-electron chi connectivity index (χ2n) is 4.56. The van der Waals surface area contributed by atoms with Gasteiger partial charge in [-0.25, -0.2) is 0 Å². The molecule has 0 aromatic rings. The summed E-state index contributed by atoms with van der Waals surface area (Å²) in [5.41, 5.74) is 1.96. The fraction of sp³-hybridized carbons (Fsp3) is 0.800. The van der Waals surface area contributed by atoms with Gasteiger partial charge in [0, 0.05) is 0 Å². The van der Waals surface area contributed by atoms with Crippen molar-refractivity contribution in [2.45, 2.75) is 40.0 Å². The predicted octanol–water partition coefficient (Wildman–Crippen LogP) is 3.39. The van der Waals surface area contributed by atoms with Gasteiger partial charge in [0.1, 0.15) is 0 Å². The number of hydrogen-bond donors (Lipinski definition) is 0. The van der Waals surface area contributed by atoms with Crippen LogP contribution in [0.1, 0.15) is 40.0 Å². The summed E-state index contributed by atoms with van der Waals surface area (Å²) >= 11 is 0. The summed E-state index contributed by atoms with van der Waals surface area (Å²) in [6.07, 6.45) is 3.90. The Morgan fingerprint density at radius 1 is 1.40 bits per heavy atom. The molecule has 0 radical (unpaired) electrons. The molecule has 1 aliphatic rings. The van der Waals surface area contributed by atoms with Crippen molar-refractivity contribution >= 4 is 0 Å². The van der Waals surface area contributed by atoms with Crippen LogP contribution in [0.25, 0.3) is 0 Å². The SMILES string of the molecule is C=C1CCC(C(C)(C)C)C1. The van der Waals surface area contributed by atoms with Crippen molar-refractivity contribution in [2.75, 3.05) is 0 Å². The molecular formula is C10H18. The van der Waals surface area contributed by atoms with Crippen LogP contribution >= 0.6 is 0 Å². The molecule has 1 unspecified atom stereocenters. The third kappa shape index (κ3) is 1.62. The van der Waals surface area contributed by atoms with Gasteiger partial charge in [-0.3, -0.25) is 0 Å². The fourth-order valence-corrected chi connectivity index (χ4v) is 1.67.